The fourth-order valence-corrected chi connectivity index (χ4v) is 1.32. The molecule has 4 heteroatoms. The van der Waals surface area contributed by atoms with Crippen LogP contribution in [0.5, 0.6) is 0 Å². The second-order valence-electron chi connectivity index (χ2n) is 4.34. The van der Waals surface area contributed by atoms with Crippen molar-refractivity contribution in [1.29, 1.82) is 0 Å². The zero-order chi connectivity index (χ0) is 12.8. The summed E-state index contributed by atoms with van der Waals surface area (Å²) >= 11 is 0. The number of halogens is 1. The van der Waals surface area contributed by atoms with Gasteiger partial charge in [0.25, 0.3) is 0 Å². The Hall–Kier alpha value is -1.71. The lowest BCUT2D eigenvalue weighted by Crippen LogP contribution is -2.20. The molecule has 1 rings (SSSR count). The number of benzene rings is 1. The van der Waals surface area contributed by atoms with Gasteiger partial charge in [0.15, 0.2) is 0 Å². The maximum Gasteiger partial charge on any atom is 0.240 e. The minimum Gasteiger partial charge on any atom is -0.273 e. The minimum atomic E-state index is -0.287. The molecule has 1 aromatic carbocycles. The van der Waals surface area contributed by atoms with Crippen LogP contribution < -0.4 is 5.43 Å². The predicted octanol–water partition coefficient (Wildman–Crippen LogP) is 2.71. The Labute approximate surface area is 101 Å². The molecule has 0 atom stereocenters. The predicted molar refractivity (Wildman–Crippen MR) is 66.2 cm³/mol. The molecule has 0 unspecified atom stereocenters. The van der Waals surface area contributed by atoms with E-state index in [0.717, 1.165) is 5.56 Å². The molecule has 0 radical (unpaired) electrons. The molecule has 92 valence electrons. The van der Waals surface area contributed by atoms with Crippen molar-refractivity contribution >= 4 is 11.6 Å². The molecule has 0 aliphatic rings. The van der Waals surface area contributed by atoms with Crippen molar-refractivity contribution in [3.63, 3.8) is 0 Å². The van der Waals surface area contributed by atoms with Crippen molar-refractivity contribution in [2.75, 3.05) is 0 Å². The van der Waals surface area contributed by atoms with Gasteiger partial charge >= 0.3 is 0 Å². The standard InChI is InChI=1S/C13H17FN2O/c1-9(2)8-13(17)16-15-10(3)11-4-6-12(14)7-5-11/h4-7,9H,8H2,1-3H3,(H,16,17). The number of hydrazone groups is 1. The van der Waals surface area contributed by atoms with Gasteiger partial charge in [0.05, 0.1) is 5.71 Å². The van der Waals surface area contributed by atoms with Crippen LogP contribution >= 0.6 is 0 Å². The number of hydrogen-bond acceptors (Lipinski definition) is 2. The molecule has 0 aliphatic carbocycles. The van der Waals surface area contributed by atoms with Crippen LogP contribution in [0.4, 0.5) is 4.39 Å². The largest absolute Gasteiger partial charge is 0.273 e. The first-order valence-electron chi connectivity index (χ1n) is 5.58. The molecule has 0 spiro atoms. The highest BCUT2D eigenvalue weighted by Crippen LogP contribution is 2.04. The van der Waals surface area contributed by atoms with E-state index in [9.17, 15) is 9.18 Å². The normalized spacial score (nSPS) is 11.7. The van der Waals surface area contributed by atoms with Crippen LogP contribution in [0, 0.1) is 11.7 Å². The zero-order valence-corrected chi connectivity index (χ0v) is 10.3. The highest BCUT2D eigenvalue weighted by molar-refractivity contribution is 5.99. The van der Waals surface area contributed by atoms with Crippen LogP contribution in [-0.2, 0) is 4.79 Å². The summed E-state index contributed by atoms with van der Waals surface area (Å²) < 4.78 is 12.7. The van der Waals surface area contributed by atoms with Crippen molar-refractivity contribution in [1.82, 2.24) is 5.43 Å². The lowest BCUT2D eigenvalue weighted by Gasteiger charge is -2.04. The summed E-state index contributed by atoms with van der Waals surface area (Å²) in [5, 5.41) is 3.97. The van der Waals surface area contributed by atoms with Gasteiger partial charge in [0.2, 0.25) is 5.91 Å². The number of nitrogens with zero attached hydrogens (tertiary/aromatic N) is 1. The Balaban J connectivity index is 2.60. The first-order valence-corrected chi connectivity index (χ1v) is 5.58. The van der Waals surface area contributed by atoms with E-state index >= 15 is 0 Å². The van der Waals surface area contributed by atoms with E-state index in [2.05, 4.69) is 10.5 Å². The Morgan fingerprint density at radius 1 is 1.35 bits per heavy atom. The van der Waals surface area contributed by atoms with E-state index < -0.39 is 0 Å². The highest BCUT2D eigenvalue weighted by atomic mass is 19.1. The Kier molecular flexibility index (Phi) is 4.82. The molecule has 1 aromatic rings. The Morgan fingerprint density at radius 3 is 2.47 bits per heavy atom. The van der Waals surface area contributed by atoms with Gasteiger partial charge < -0.3 is 0 Å². The maximum atomic E-state index is 12.7. The van der Waals surface area contributed by atoms with E-state index in [1.165, 1.54) is 12.1 Å². The molecule has 0 aliphatic heterocycles. The van der Waals surface area contributed by atoms with Gasteiger partial charge in [-0.2, -0.15) is 5.10 Å². The Bertz CT molecular complexity index is 410. The highest BCUT2D eigenvalue weighted by Gasteiger charge is 2.04. The van der Waals surface area contributed by atoms with E-state index in [0.29, 0.717) is 18.1 Å². The van der Waals surface area contributed by atoms with Crippen molar-refractivity contribution in [2.45, 2.75) is 27.2 Å². The fourth-order valence-electron chi connectivity index (χ4n) is 1.32. The minimum absolute atomic E-state index is 0.110. The van der Waals surface area contributed by atoms with Gasteiger partial charge in [-0.25, -0.2) is 9.82 Å². The molecule has 1 N–H and O–H groups in total. The first kappa shape index (κ1) is 13.4. The van der Waals surface area contributed by atoms with Gasteiger partial charge in [-0.15, -0.1) is 0 Å². The average molecular weight is 236 g/mol. The molecule has 3 nitrogen and oxygen atoms in total. The number of rotatable bonds is 4. The molecule has 1 amide bonds. The number of carbonyl (C=O) groups excluding carboxylic acids is 1. The first-order chi connectivity index (χ1) is 7.99. The lowest BCUT2D eigenvalue weighted by atomic mass is 10.1. The number of amides is 1. The third-order valence-corrected chi connectivity index (χ3v) is 2.20. The summed E-state index contributed by atoms with van der Waals surface area (Å²) in [5.74, 6) is -0.0943. The zero-order valence-electron chi connectivity index (χ0n) is 10.3. The molecule has 0 fully saturated rings. The molecule has 0 aromatic heterocycles. The maximum absolute atomic E-state index is 12.7. The number of hydrogen-bond donors (Lipinski definition) is 1. The summed E-state index contributed by atoms with van der Waals surface area (Å²) in [5.41, 5.74) is 3.93. The van der Waals surface area contributed by atoms with E-state index in [1.807, 2.05) is 13.8 Å². The topological polar surface area (TPSA) is 41.5 Å². The van der Waals surface area contributed by atoms with Gasteiger partial charge in [-0.1, -0.05) is 26.0 Å². The number of nitrogens with one attached hydrogen (secondary N) is 1. The second-order valence-corrected chi connectivity index (χ2v) is 4.34. The molecule has 0 bridgehead atoms. The second kappa shape index (κ2) is 6.13. The third-order valence-electron chi connectivity index (χ3n) is 2.20. The summed E-state index contributed by atoms with van der Waals surface area (Å²) in [6.45, 7) is 5.70. The van der Waals surface area contributed by atoms with Crippen LogP contribution in [0.1, 0.15) is 32.8 Å². The lowest BCUT2D eigenvalue weighted by molar-refractivity contribution is -0.121. The van der Waals surface area contributed by atoms with Crippen molar-refractivity contribution < 1.29 is 9.18 Å². The summed E-state index contributed by atoms with van der Waals surface area (Å²) in [4.78, 5) is 11.4. The van der Waals surface area contributed by atoms with Crippen LogP contribution in [0.15, 0.2) is 29.4 Å². The quantitative estimate of drug-likeness (QED) is 0.633. The van der Waals surface area contributed by atoms with Crippen LogP contribution in [-0.4, -0.2) is 11.6 Å². The molecular weight excluding hydrogens is 219 g/mol. The summed E-state index contributed by atoms with van der Waals surface area (Å²) in [6.07, 6.45) is 0.445. The van der Waals surface area contributed by atoms with Gasteiger partial charge in [0.1, 0.15) is 5.82 Å². The molecular formula is C13H17FN2O. The molecule has 17 heavy (non-hydrogen) atoms. The van der Waals surface area contributed by atoms with Gasteiger partial charge in [-0.05, 0) is 30.5 Å². The van der Waals surface area contributed by atoms with Gasteiger partial charge in [-0.3, -0.25) is 4.79 Å². The van der Waals surface area contributed by atoms with E-state index in [1.54, 1.807) is 19.1 Å². The summed E-state index contributed by atoms with van der Waals surface area (Å²) in [7, 11) is 0. The molecule has 0 saturated carbocycles. The average Bonchev–Trinajstić information content (AvgIpc) is 2.26. The Morgan fingerprint density at radius 2 is 1.94 bits per heavy atom. The van der Waals surface area contributed by atoms with Gasteiger partial charge in [0, 0.05) is 6.42 Å². The van der Waals surface area contributed by atoms with E-state index in [-0.39, 0.29) is 11.7 Å². The number of carbonyl (C=O) groups is 1. The SMILES string of the molecule is CC(=NNC(=O)CC(C)C)c1ccc(F)cc1. The van der Waals surface area contributed by atoms with E-state index in [4.69, 9.17) is 0 Å². The monoisotopic (exact) mass is 236 g/mol. The fraction of sp³-hybridized carbons (Fsp3) is 0.385. The molecule has 0 heterocycles. The summed E-state index contributed by atoms with van der Waals surface area (Å²) in [6, 6.07) is 5.99. The van der Waals surface area contributed by atoms with Crippen LogP contribution in [0.25, 0.3) is 0 Å². The van der Waals surface area contributed by atoms with Crippen molar-refractivity contribution in [2.24, 2.45) is 11.0 Å². The van der Waals surface area contributed by atoms with Crippen molar-refractivity contribution in [3.05, 3.63) is 35.6 Å². The van der Waals surface area contributed by atoms with Crippen LogP contribution in [0.3, 0.4) is 0 Å². The molecule has 0 saturated heterocycles. The van der Waals surface area contributed by atoms with Crippen molar-refractivity contribution in [3.8, 4) is 0 Å². The van der Waals surface area contributed by atoms with Crippen LogP contribution in [0.2, 0.25) is 0 Å². The smallest absolute Gasteiger partial charge is 0.240 e. The third kappa shape index (κ3) is 4.76.